The molecule has 4 rings (SSSR count). The topological polar surface area (TPSA) is 82.8 Å². The Balaban J connectivity index is 1.88. The van der Waals surface area contributed by atoms with Crippen molar-refractivity contribution < 1.29 is 0 Å². The average molecular weight is 265 g/mol. The van der Waals surface area contributed by atoms with Crippen molar-refractivity contribution in [1.82, 2.24) is 14.6 Å². The molecule has 4 N–H and O–H groups in total. The molecule has 2 aromatic heterocycles. The molecule has 0 saturated heterocycles. The first kappa shape index (κ1) is 11.3. The molecule has 0 radical (unpaired) electrons. The fourth-order valence-electron chi connectivity index (χ4n) is 2.53. The first-order valence-corrected chi connectivity index (χ1v) is 6.72. The summed E-state index contributed by atoms with van der Waals surface area (Å²) in [5, 5.41) is 1.07. The molecule has 0 atom stereocenters. The number of pyridine rings is 1. The van der Waals surface area contributed by atoms with Crippen molar-refractivity contribution in [3.63, 3.8) is 0 Å². The van der Waals surface area contributed by atoms with Gasteiger partial charge in [0.25, 0.3) is 0 Å². The molecule has 5 heteroatoms. The molecule has 1 aliphatic carbocycles. The fourth-order valence-corrected chi connectivity index (χ4v) is 2.53. The lowest BCUT2D eigenvalue weighted by Crippen LogP contribution is -2.14. The number of nitrogen functional groups attached to an aromatic ring is 2. The van der Waals surface area contributed by atoms with Gasteiger partial charge in [0.05, 0.1) is 5.52 Å². The third-order valence-corrected chi connectivity index (χ3v) is 3.79. The maximum absolute atomic E-state index is 6.10. The Morgan fingerprint density at radius 1 is 1.20 bits per heavy atom. The van der Waals surface area contributed by atoms with Gasteiger partial charge in [-0.05, 0) is 31.0 Å². The van der Waals surface area contributed by atoms with Crippen LogP contribution in [0, 0.1) is 0 Å². The van der Waals surface area contributed by atoms with Crippen molar-refractivity contribution in [1.29, 1.82) is 0 Å². The highest BCUT2D eigenvalue weighted by Crippen LogP contribution is 2.41. The van der Waals surface area contributed by atoms with Crippen molar-refractivity contribution in [3.8, 4) is 11.3 Å². The fraction of sp³-hybridized carbons (Fsp3) is 0.200. The number of hydrogen-bond acceptors (Lipinski definition) is 4. The summed E-state index contributed by atoms with van der Waals surface area (Å²) in [7, 11) is 0. The Hall–Kier alpha value is -2.56. The van der Waals surface area contributed by atoms with Gasteiger partial charge in [0.15, 0.2) is 5.82 Å². The highest BCUT2D eigenvalue weighted by atomic mass is 15.4. The van der Waals surface area contributed by atoms with E-state index in [9.17, 15) is 0 Å². The zero-order valence-electron chi connectivity index (χ0n) is 11.0. The van der Waals surface area contributed by atoms with E-state index in [0.717, 1.165) is 40.8 Å². The number of hydrogen-bond donors (Lipinski definition) is 2. The normalized spacial score (nSPS) is 14.8. The van der Waals surface area contributed by atoms with Crippen LogP contribution < -0.4 is 11.6 Å². The summed E-state index contributed by atoms with van der Waals surface area (Å²) >= 11 is 0. The number of nitrogens with zero attached hydrogens (tertiary/aromatic N) is 3. The number of anilines is 1. The molecule has 1 fully saturated rings. The quantitative estimate of drug-likeness (QED) is 0.696. The smallest absolute Gasteiger partial charge is 0.150 e. The maximum atomic E-state index is 6.10. The molecule has 1 saturated carbocycles. The van der Waals surface area contributed by atoms with E-state index in [0.29, 0.717) is 11.7 Å². The van der Waals surface area contributed by atoms with E-state index >= 15 is 0 Å². The van der Waals surface area contributed by atoms with Crippen LogP contribution in [0.4, 0.5) is 5.82 Å². The van der Waals surface area contributed by atoms with Crippen molar-refractivity contribution in [2.75, 3.05) is 11.6 Å². The van der Waals surface area contributed by atoms with Crippen LogP contribution in [0.3, 0.4) is 0 Å². The largest absolute Gasteiger partial charge is 0.382 e. The Morgan fingerprint density at radius 2 is 2.05 bits per heavy atom. The minimum Gasteiger partial charge on any atom is -0.382 e. The number of rotatable bonds is 2. The van der Waals surface area contributed by atoms with Crippen LogP contribution in [0.25, 0.3) is 22.2 Å². The van der Waals surface area contributed by atoms with Crippen LogP contribution in [0.15, 0.2) is 36.5 Å². The van der Waals surface area contributed by atoms with Crippen LogP contribution in [-0.4, -0.2) is 14.6 Å². The Kier molecular flexibility index (Phi) is 2.24. The summed E-state index contributed by atoms with van der Waals surface area (Å²) in [6, 6.07) is 9.98. The van der Waals surface area contributed by atoms with Gasteiger partial charge in [-0.1, -0.05) is 12.1 Å². The molecular weight excluding hydrogens is 250 g/mol. The van der Waals surface area contributed by atoms with E-state index in [1.807, 2.05) is 24.3 Å². The highest BCUT2D eigenvalue weighted by Gasteiger charge is 2.30. The van der Waals surface area contributed by atoms with Gasteiger partial charge in [0.2, 0.25) is 0 Å². The Labute approximate surface area is 116 Å². The van der Waals surface area contributed by atoms with E-state index in [2.05, 4.69) is 16.0 Å². The second kappa shape index (κ2) is 3.96. The van der Waals surface area contributed by atoms with Crippen molar-refractivity contribution in [2.24, 2.45) is 0 Å². The van der Waals surface area contributed by atoms with Gasteiger partial charge in [0.1, 0.15) is 11.5 Å². The van der Waals surface area contributed by atoms with Gasteiger partial charge in [0, 0.05) is 23.1 Å². The zero-order valence-corrected chi connectivity index (χ0v) is 11.0. The number of fused-ring (bicyclic) bond motifs is 1. The molecule has 5 nitrogen and oxygen atoms in total. The van der Waals surface area contributed by atoms with E-state index < -0.39 is 0 Å². The summed E-state index contributed by atoms with van der Waals surface area (Å²) in [5.74, 6) is 7.90. The SMILES string of the molecule is Nc1c(-c2ccc3ncccc3c2)nc(C2CC2)n1N. The van der Waals surface area contributed by atoms with Gasteiger partial charge in [-0.15, -0.1) is 0 Å². The summed E-state index contributed by atoms with van der Waals surface area (Å²) in [4.78, 5) is 8.96. The predicted molar refractivity (Wildman–Crippen MR) is 79.5 cm³/mol. The molecule has 20 heavy (non-hydrogen) atoms. The van der Waals surface area contributed by atoms with Gasteiger partial charge in [-0.3, -0.25) is 4.98 Å². The number of benzene rings is 1. The monoisotopic (exact) mass is 265 g/mol. The van der Waals surface area contributed by atoms with Crippen LogP contribution in [0.2, 0.25) is 0 Å². The first-order chi connectivity index (χ1) is 9.74. The molecule has 2 heterocycles. The third kappa shape index (κ3) is 1.63. The second-order valence-electron chi connectivity index (χ2n) is 5.26. The van der Waals surface area contributed by atoms with Gasteiger partial charge < -0.3 is 11.6 Å². The number of imidazole rings is 1. The lowest BCUT2D eigenvalue weighted by atomic mass is 10.1. The molecule has 1 aliphatic rings. The van der Waals surface area contributed by atoms with Gasteiger partial charge in [-0.25, -0.2) is 9.66 Å². The second-order valence-corrected chi connectivity index (χ2v) is 5.26. The molecule has 0 spiro atoms. The standard InChI is InChI=1S/C15H15N5/c16-14-13(19-15(20(14)17)9-3-4-9)11-5-6-12-10(8-11)2-1-7-18-12/h1-2,5-9H,3-4,16-17H2. The van der Waals surface area contributed by atoms with Crippen LogP contribution in [0.5, 0.6) is 0 Å². The number of nitrogens with two attached hydrogens (primary N) is 2. The zero-order chi connectivity index (χ0) is 13.7. The number of aromatic nitrogens is 3. The van der Waals surface area contributed by atoms with Crippen molar-refractivity contribution >= 4 is 16.7 Å². The van der Waals surface area contributed by atoms with E-state index in [1.54, 1.807) is 6.20 Å². The molecule has 1 aromatic carbocycles. The lowest BCUT2D eigenvalue weighted by Gasteiger charge is -2.02. The maximum Gasteiger partial charge on any atom is 0.150 e. The average Bonchev–Trinajstić information content (AvgIpc) is 3.27. The van der Waals surface area contributed by atoms with Crippen molar-refractivity contribution in [2.45, 2.75) is 18.8 Å². The molecule has 0 unspecified atom stereocenters. The molecule has 0 aliphatic heterocycles. The molecule has 100 valence electrons. The van der Waals surface area contributed by atoms with Gasteiger partial charge >= 0.3 is 0 Å². The Bertz CT molecular complexity index is 801. The predicted octanol–water partition coefficient (Wildman–Crippen LogP) is 2.27. The highest BCUT2D eigenvalue weighted by molar-refractivity contribution is 5.85. The molecule has 0 bridgehead atoms. The van der Waals surface area contributed by atoms with Gasteiger partial charge in [-0.2, -0.15) is 0 Å². The summed E-state index contributed by atoms with van der Waals surface area (Å²) in [6.07, 6.45) is 4.08. The van der Waals surface area contributed by atoms with Crippen LogP contribution in [0.1, 0.15) is 24.6 Å². The van der Waals surface area contributed by atoms with E-state index in [1.165, 1.54) is 4.68 Å². The first-order valence-electron chi connectivity index (χ1n) is 6.72. The minimum atomic E-state index is 0.471. The third-order valence-electron chi connectivity index (χ3n) is 3.79. The van der Waals surface area contributed by atoms with Crippen molar-refractivity contribution in [3.05, 3.63) is 42.4 Å². The summed E-state index contributed by atoms with van der Waals surface area (Å²) < 4.78 is 1.53. The molecule has 3 aromatic rings. The summed E-state index contributed by atoms with van der Waals surface area (Å²) in [6.45, 7) is 0. The molecular formula is C15H15N5. The lowest BCUT2D eigenvalue weighted by molar-refractivity contribution is 0.855. The Morgan fingerprint density at radius 3 is 2.85 bits per heavy atom. The van der Waals surface area contributed by atoms with E-state index in [-0.39, 0.29) is 0 Å². The van der Waals surface area contributed by atoms with Crippen LogP contribution in [-0.2, 0) is 0 Å². The van der Waals surface area contributed by atoms with E-state index in [4.69, 9.17) is 11.6 Å². The van der Waals surface area contributed by atoms with Crippen LogP contribution >= 0.6 is 0 Å². The summed E-state index contributed by atoms with van der Waals surface area (Å²) in [5.41, 5.74) is 8.81. The minimum absolute atomic E-state index is 0.471. The molecule has 0 amide bonds.